The Morgan fingerprint density at radius 1 is 1.38 bits per heavy atom. The van der Waals surface area contributed by atoms with Crippen molar-refractivity contribution in [1.29, 1.82) is 0 Å². The Morgan fingerprint density at radius 2 is 1.92 bits per heavy atom. The number of nitrogens with zero attached hydrogens (tertiary/aromatic N) is 1. The molecular formula is C9H12BrNO2. The van der Waals surface area contributed by atoms with Crippen LogP contribution >= 0.6 is 15.9 Å². The van der Waals surface area contributed by atoms with E-state index in [4.69, 9.17) is 0 Å². The summed E-state index contributed by atoms with van der Waals surface area (Å²) < 4.78 is 0.349. The Morgan fingerprint density at radius 3 is 2.23 bits per heavy atom. The van der Waals surface area contributed by atoms with Crippen LogP contribution in [0.4, 0.5) is 0 Å². The molecule has 0 radical (unpaired) electrons. The first-order valence-electron chi connectivity index (χ1n) is 4.04. The maximum Gasteiger partial charge on any atom is 0.267 e. The van der Waals surface area contributed by atoms with Crippen LogP contribution in [0.15, 0.2) is 10.6 Å². The summed E-state index contributed by atoms with van der Waals surface area (Å²) in [6, 6.07) is 0. The average Bonchev–Trinajstić information content (AvgIpc) is 2.14. The lowest BCUT2D eigenvalue weighted by Crippen LogP contribution is -2.37. The highest BCUT2D eigenvalue weighted by atomic mass is 79.9. The van der Waals surface area contributed by atoms with Gasteiger partial charge in [-0.15, -0.1) is 0 Å². The third-order valence-corrected chi connectivity index (χ3v) is 2.17. The molecule has 0 saturated carbocycles. The minimum Gasteiger partial charge on any atom is -0.274 e. The highest BCUT2D eigenvalue weighted by Gasteiger charge is 2.32. The van der Waals surface area contributed by atoms with Gasteiger partial charge in [0, 0.05) is 12.6 Å². The van der Waals surface area contributed by atoms with Crippen LogP contribution in [-0.2, 0) is 9.59 Å². The molecule has 1 heterocycles. The number of hydrogen-bond acceptors (Lipinski definition) is 2. The molecule has 0 fully saturated rings. The molecule has 0 bridgehead atoms. The van der Waals surface area contributed by atoms with Crippen LogP contribution in [0, 0.1) is 5.41 Å². The lowest BCUT2D eigenvalue weighted by atomic mass is 9.96. The second-order valence-corrected chi connectivity index (χ2v) is 5.14. The van der Waals surface area contributed by atoms with E-state index in [0.717, 1.165) is 0 Å². The summed E-state index contributed by atoms with van der Waals surface area (Å²) >= 11 is 3.04. The van der Waals surface area contributed by atoms with Crippen molar-refractivity contribution < 1.29 is 9.59 Å². The topological polar surface area (TPSA) is 37.4 Å². The van der Waals surface area contributed by atoms with Crippen LogP contribution in [-0.4, -0.2) is 23.3 Å². The highest BCUT2D eigenvalue weighted by molar-refractivity contribution is 9.12. The zero-order valence-corrected chi connectivity index (χ0v) is 9.51. The molecule has 0 N–H and O–H groups in total. The zero-order valence-electron chi connectivity index (χ0n) is 7.93. The largest absolute Gasteiger partial charge is 0.274 e. The second-order valence-electron chi connectivity index (χ2n) is 4.28. The number of rotatable bonds is 1. The number of hydrogen-bond donors (Lipinski definition) is 0. The van der Waals surface area contributed by atoms with E-state index in [1.54, 1.807) is 0 Å². The molecule has 3 nitrogen and oxygen atoms in total. The number of imide groups is 1. The van der Waals surface area contributed by atoms with E-state index in [9.17, 15) is 9.59 Å². The van der Waals surface area contributed by atoms with Gasteiger partial charge in [-0.3, -0.25) is 14.5 Å². The summed E-state index contributed by atoms with van der Waals surface area (Å²) in [6.07, 6.45) is 1.31. The highest BCUT2D eigenvalue weighted by Crippen LogP contribution is 2.23. The molecule has 4 heteroatoms. The monoisotopic (exact) mass is 245 g/mol. The summed E-state index contributed by atoms with van der Waals surface area (Å²) in [7, 11) is 0. The maximum atomic E-state index is 11.4. The Balaban J connectivity index is 2.75. The predicted molar refractivity (Wildman–Crippen MR) is 53.2 cm³/mol. The van der Waals surface area contributed by atoms with Gasteiger partial charge in [0.25, 0.3) is 11.8 Å². The normalized spacial score (nSPS) is 18.2. The Hall–Kier alpha value is -0.640. The predicted octanol–water partition coefficient (Wildman–Crippen LogP) is 1.68. The Bertz CT molecular complexity index is 288. The van der Waals surface area contributed by atoms with Crippen molar-refractivity contribution in [3.8, 4) is 0 Å². The molecule has 0 aromatic carbocycles. The van der Waals surface area contributed by atoms with Gasteiger partial charge >= 0.3 is 0 Å². The smallest absolute Gasteiger partial charge is 0.267 e. The molecule has 72 valence electrons. The Labute approximate surface area is 85.9 Å². The fraction of sp³-hybridized carbons (Fsp3) is 0.556. The van der Waals surface area contributed by atoms with Crippen molar-refractivity contribution in [2.75, 3.05) is 6.54 Å². The molecule has 0 aromatic heterocycles. The Kier molecular flexibility index (Phi) is 2.61. The minimum atomic E-state index is -0.236. The van der Waals surface area contributed by atoms with E-state index >= 15 is 0 Å². The molecule has 0 unspecified atom stereocenters. The van der Waals surface area contributed by atoms with Crippen LogP contribution in [0.1, 0.15) is 20.8 Å². The molecule has 0 saturated heterocycles. The van der Waals surface area contributed by atoms with Gasteiger partial charge in [-0.25, -0.2) is 0 Å². The molecule has 2 amide bonds. The van der Waals surface area contributed by atoms with E-state index in [1.165, 1.54) is 11.0 Å². The van der Waals surface area contributed by atoms with E-state index in [2.05, 4.69) is 15.9 Å². The molecular weight excluding hydrogens is 234 g/mol. The molecule has 1 rings (SSSR count). The van der Waals surface area contributed by atoms with Gasteiger partial charge in [-0.1, -0.05) is 20.8 Å². The summed E-state index contributed by atoms with van der Waals surface area (Å²) in [5, 5.41) is 0. The minimum absolute atomic E-state index is 0.0588. The maximum absolute atomic E-state index is 11.4. The molecule has 1 aliphatic rings. The van der Waals surface area contributed by atoms with Crippen molar-refractivity contribution in [1.82, 2.24) is 4.90 Å². The zero-order chi connectivity index (χ0) is 10.2. The summed E-state index contributed by atoms with van der Waals surface area (Å²) in [4.78, 5) is 23.9. The summed E-state index contributed by atoms with van der Waals surface area (Å²) in [5.41, 5.74) is -0.0588. The van der Waals surface area contributed by atoms with Gasteiger partial charge in [0.15, 0.2) is 0 Å². The number of carbonyl (C=O) groups excluding carboxylic acids is 2. The summed E-state index contributed by atoms with van der Waals surface area (Å²) in [6.45, 7) is 6.41. The van der Waals surface area contributed by atoms with Gasteiger partial charge in [-0.05, 0) is 21.3 Å². The molecule has 0 aliphatic carbocycles. The first-order chi connectivity index (χ1) is 5.81. The molecule has 0 aromatic rings. The van der Waals surface area contributed by atoms with Crippen molar-refractivity contribution in [2.45, 2.75) is 20.8 Å². The number of amides is 2. The van der Waals surface area contributed by atoms with Gasteiger partial charge < -0.3 is 0 Å². The van der Waals surface area contributed by atoms with E-state index in [-0.39, 0.29) is 17.2 Å². The SMILES string of the molecule is CC(C)(C)CN1C(=O)C=C(Br)C1=O. The first-order valence-corrected chi connectivity index (χ1v) is 4.83. The standard InChI is InChI=1S/C9H12BrNO2/c1-9(2,3)5-11-7(12)4-6(10)8(11)13/h4H,5H2,1-3H3. The van der Waals surface area contributed by atoms with Gasteiger partial charge in [0.2, 0.25) is 0 Å². The quantitative estimate of drug-likeness (QED) is 0.660. The van der Waals surface area contributed by atoms with Crippen LogP contribution in [0.2, 0.25) is 0 Å². The summed E-state index contributed by atoms with van der Waals surface area (Å²) in [5.74, 6) is -0.466. The molecule has 13 heavy (non-hydrogen) atoms. The van der Waals surface area contributed by atoms with Crippen molar-refractivity contribution in [2.24, 2.45) is 5.41 Å². The lowest BCUT2D eigenvalue weighted by Gasteiger charge is -2.24. The van der Waals surface area contributed by atoms with Crippen molar-refractivity contribution >= 4 is 27.7 Å². The van der Waals surface area contributed by atoms with Crippen LogP contribution in [0.25, 0.3) is 0 Å². The van der Waals surface area contributed by atoms with Crippen LogP contribution < -0.4 is 0 Å². The van der Waals surface area contributed by atoms with E-state index in [1.807, 2.05) is 20.8 Å². The lowest BCUT2D eigenvalue weighted by molar-refractivity contribution is -0.138. The van der Waals surface area contributed by atoms with Gasteiger partial charge in [0.1, 0.15) is 0 Å². The molecule has 0 spiro atoms. The van der Waals surface area contributed by atoms with Crippen LogP contribution in [0.5, 0.6) is 0 Å². The fourth-order valence-corrected chi connectivity index (χ4v) is 1.51. The van der Waals surface area contributed by atoms with Gasteiger partial charge in [0.05, 0.1) is 4.48 Å². The fourth-order valence-electron chi connectivity index (χ4n) is 1.10. The third kappa shape index (κ3) is 2.40. The first kappa shape index (κ1) is 10.4. The number of halogens is 1. The number of carbonyl (C=O) groups is 2. The van der Waals surface area contributed by atoms with Gasteiger partial charge in [-0.2, -0.15) is 0 Å². The van der Waals surface area contributed by atoms with Crippen molar-refractivity contribution in [3.05, 3.63) is 10.6 Å². The average molecular weight is 246 g/mol. The molecule has 1 aliphatic heterocycles. The van der Waals surface area contributed by atoms with E-state index in [0.29, 0.717) is 11.0 Å². The van der Waals surface area contributed by atoms with Crippen molar-refractivity contribution in [3.63, 3.8) is 0 Å². The second kappa shape index (κ2) is 3.25. The third-order valence-electron chi connectivity index (χ3n) is 1.60. The van der Waals surface area contributed by atoms with Crippen LogP contribution in [0.3, 0.4) is 0 Å². The molecule has 0 atom stereocenters. The van der Waals surface area contributed by atoms with E-state index < -0.39 is 0 Å².